The van der Waals surface area contributed by atoms with Crippen LogP contribution >= 0.6 is 11.6 Å². The Morgan fingerprint density at radius 1 is 1.21 bits per heavy atom. The molecule has 1 fully saturated rings. The molecule has 1 aliphatic rings. The van der Waals surface area contributed by atoms with Crippen LogP contribution in [0.2, 0.25) is 5.02 Å². The topological polar surface area (TPSA) is 97.0 Å². The lowest BCUT2D eigenvalue weighted by atomic mass is 10.1. The number of rotatable bonds is 6. The summed E-state index contributed by atoms with van der Waals surface area (Å²) in [5, 5.41) is 5.69. The molecule has 0 spiro atoms. The van der Waals surface area contributed by atoms with Crippen molar-refractivity contribution < 1.29 is 23.9 Å². The molecule has 9 heteroatoms. The number of benzene rings is 1. The van der Waals surface area contributed by atoms with Crippen molar-refractivity contribution in [3.8, 4) is 11.5 Å². The van der Waals surface area contributed by atoms with Crippen LogP contribution in [-0.4, -0.2) is 50.6 Å². The number of ether oxygens (including phenoxy) is 2. The maximum absolute atomic E-state index is 12.5. The quantitative estimate of drug-likeness (QED) is 0.743. The third-order valence-corrected chi connectivity index (χ3v) is 4.47. The second kappa shape index (κ2) is 8.68. The Morgan fingerprint density at radius 3 is 2.43 bits per heavy atom. The van der Waals surface area contributed by atoms with Gasteiger partial charge in [0.15, 0.2) is 0 Å². The van der Waals surface area contributed by atoms with E-state index in [9.17, 15) is 14.4 Å². The van der Waals surface area contributed by atoms with E-state index < -0.39 is 5.92 Å². The van der Waals surface area contributed by atoms with Crippen molar-refractivity contribution in [3.05, 3.63) is 17.2 Å². The van der Waals surface area contributed by atoms with E-state index in [0.29, 0.717) is 22.2 Å². The van der Waals surface area contributed by atoms with Gasteiger partial charge in [0.2, 0.25) is 17.7 Å². The van der Waals surface area contributed by atoms with Gasteiger partial charge < -0.3 is 25.0 Å². The molecule has 1 aromatic rings. The van der Waals surface area contributed by atoms with Crippen LogP contribution in [0, 0.1) is 5.92 Å². The Hall–Kier alpha value is -2.48. The van der Waals surface area contributed by atoms with Crippen molar-refractivity contribution in [3.63, 3.8) is 0 Å². The molecule has 0 bridgehead atoms. The number of hydrogen-bond donors (Lipinski definition) is 2. The molecule has 2 rings (SSSR count). The number of nitrogens with one attached hydrogen (secondary N) is 2. The number of carbonyl (C=O) groups excluding carboxylic acids is 3. The summed E-state index contributed by atoms with van der Waals surface area (Å²) in [6.07, 6.45) is 0.0412. The third-order valence-electron chi connectivity index (χ3n) is 4.18. The zero-order valence-corrected chi connectivity index (χ0v) is 17.5. The van der Waals surface area contributed by atoms with E-state index in [0.717, 1.165) is 0 Å². The van der Waals surface area contributed by atoms with Gasteiger partial charge in [-0.05, 0) is 26.8 Å². The average molecular weight is 412 g/mol. The molecule has 0 aliphatic carbocycles. The third kappa shape index (κ3) is 5.28. The van der Waals surface area contributed by atoms with Crippen LogP contribution < -0.4 is 25.0 Å². The highest BCUT2D eigenvalue weighted by molar-refractivity contribution is 6.32. The predicted molar refractivity (Wildman–Crippen MR) is 106 cm³/mol. The lowest BCUT2D eigenvalue weighted by Crippen LogP contribution is -2.46. The van der Waals surface area contributed by atoms with E-state index in [1.54, 1.807) is 12.1 Å². The lowest BCUT2D eigenvalue weighted by molar-refractivity contribution is -0.129. The molecule has 28 heavy (non-hydrogen) atoms. The molecule has 0 radical (unpaired) electrons. The molecular weight excluding hydrogens is 386 g/mol. The Bertz CT molecular complexity index is 776. The van der Waals surface area contributed by atoms with E-state index in [-0.39, 0.29) is 42.8 Å². The van der Waals surface area contributed by atoms with Gasteiger partial charge in [-0.15, -0.1) is 0 Å². The SMILES string of the molecule is COc1cc(OC)c(N2C[C@@H](C(=O)NCC(=O)NC(C)(C)C)CC2=O)cc1Cl. The number of carbonyl (C=O) groups is 3. The first-order valence-corrected chi connectivity index (χ1v) is 9.24. The number of methoxy groups -OCH3 is 2. The predicted octanol–water partition coefficient (Wildman–Crippen LogP) is 1.74. The molecular formula is C19H26ClN3O5. The lowest BCUT2D eigenvalue weighted by Gasteiger charge is -2.21. The van der Waals surface area contributed by atoms with Crippen molar-refractivity contribution in [2.24, 2.45) is 5.92 Å². The van der Waals surface area contributed by atoms with Gasteiger partial charge in [0, 0.05) is 24.6 Å². The molecule has 2 N–H and O–H groups in total. The van der Waals surface area contributed by atoms with Crippen molar-refractivity contribution in [2.45, 2.75) is 32.7 Å². The minimum atomic E-state index is -0.569. The van der Waals surface area contributed by atoms with Crippen LogP contribution in [0.3, 0.4) is 0 Å². The highest BCUT2D eigenvalue weighted by atomic mass is 35.5. The van der Waals surface area contributed by atoms with Gasteiger partial charge in [-0.25, -0.2) is 0 Å². The fourth-order valence-electron chi connectivity index (χ4n) is 2.95. The minimum Gasteiger partial charge on any atom is -0.495 e. The highest BCUT2D eigenvalue weighted by Gasteiger charge is 2.36. The number of halogens is 1. The molecule has 1 saturated heterocycles. The number of amides is 3. The van der Waals surface area contributed by atoms with Gasteiger partial charge in [0.05, 0.1) is 37.4 Å². The standard InChI is InChI=1S/C19H26ClN3O5/c1-19(2,3)22-16(24)9-21-18(26)11-6-17(25)23(10-11)13-7-12(20)14(27-4)8-15(13)28-5/h7-8,11H,6,9-10H2,1-5H3,(H,21,26)(H,22,24)/t11-/m0/s1. The minimum absolute atomic E-state index is 0.0412. The number of nitrogens with zero attached hydrogens (tertiary/aromatic N) is 1. The van der Waals surface area contributed by atoms with Gasteiger partial charge in [-0.2, -0.15) is 0 Å². The van der Waals surface area contributed by atoms with E-state index in [2.05, 4.69) is 10.6 Å². The summed E-state index contributed by atoms with van der Waals surface area (Å²) in [5.74, 6) is -0.586. The van der Waals surface area contributed by atoms with Gasteiger partial charge in [-0.3, -0.25) is 14.4 Å². The molecule has 1 atom stereocenters. The van der Waals surface area contributed by atoms with Crippen molar-refractivity contribution in [1.82, 2.24) is 10.6 Å². The van der Waals surface area contributed by atoms with Crippen LogP contribution in [-0.2, 0) is 14.4 Å². The van der Waals surface area contributed by atoms with Crippen molar-refractivity contribution in [2.75, 3.05) is 32.2 Å². The fourth-order valence-corrected chi connectivity index (χ4v) is 3.18. The van der Waals surface area contributed by atoms with Crippen LogP contribution in [0.25, 0.3) is 0 Å². The molecule has 3 amide bonds. The van der Waals surface area contributed by atoms with Gasteiger partial charge in [-0.1, -0.05) is 11.6 Å². The summed E-state index contributed by atoms with van der Waals surface area (Å²) < 4.78 is 10.5. The smallest absolute Gasteiger partial charge is 0.239 e. The summed E-state index contributed by atoms with van der Waals surface area (Å²) in [7, 11) is 2.96. The zero-order valence-electron chi connectivity index (χ0n) is 16.7. The van der Waals surface area contributed by atoms with E-state index in [4.69, 9.17) is 21.1 Å². The van der Waals surface area contributed by atoms with Crippen molar-refractivity contribution >= 4 is 35.0 Å². The molecule has 1 heterocycles. The monoisotopic (exact) mass is 411 g/mol. The maximum Gasteiger partial charge on any atom is 0.239 e. The summed E-state index contributed by atoms with van der Waals surface area (Å²) in [5.41, 5.74) is 0.0886. The first kappa shape index (κ1) is 21.8. The second-order valence-corrected chi connectivity index (χ2v) is 7.99. The van der Waals surface area contributed by atoms with E-state index >= 15 is 0 Å². The Labute approximate surface area is 169 Å². The molecule has 1 aromatic carbocycles. The first-order valence-electron chi connectivity index (χ1n) is 8.86. The summed E-state index contributed by atoms with van der Waals surface area (Å²) in [6, 6.07) is 3.17. The van der Waals surface area contributed by atoms with Crippen molar-refractivity contribution in [1.29, 1.82) is 0 Å². The van der Waals surface area contributed by atoms with Gasteiger partial charge in [0.25, 0.3) is 0 Å². The van der Waals surface area contributed by atoms with E-state index in [1.807, 2.05) is 20.8 Å². The van der Waals surface area contributed by atoms with E-state index in [1.165, 1.54) is 19.1 Å². The second-order valence-electron chi connectivity index (χ2n) is 7.58. The van der Waals surface area contributed by atoms with Crippen LogP contribution in [0.1, 0.15) is 27.2 Å². The van der Waals surface area contributed by atoms with Gasteiger partial charge >= 0.3 is 0 Å². The molecule has 0 unspecified atom stereocenters. The number of hydrogen-bond acceptors (Lipinski definition) is 5. The Balaban J connectivity index is 2.06. The number of anilines is 1. The normalized spacial score (nSPS) is 16.7. The fraction of sp³-hybridized carbons (Fsp3) is 0.526. The molecule has 0 aromatic heterocycles. The summed E-state index contributed by atoms with van der Waals surface area (Å²) in [4.78, 5) is 38.2. The average Bonchev–Trinajstić information content (AvgIpc) is 2.99. The molecule has 0 saturated carbocycles. The van der Waals surface area contributed by atoms with Crippen LogP contribution in [0.5, 0.6) is 11.5 Å². The highest BCUT2D eigenvalue weighted by Crippen LogP contribution is 2.40. The molecule has 8 nitrogen and oxygen atoms in total. The van der Waals surface area contributed by atoms with Crippen LogP contribution in [0.4, 0.5) is 5.69 Å². The summed E-state index contributed by atoms with van der Waals surface area (Å²) >= 11 is 6.18. The van der Waals surface area contributed by atoms with Crippen LogP contribution in [0.15, 0.2) is 12.1 Å². The maximum atomic E-state index is 12.5. The first-order chi connectivity index (χ1) is 13.1. The molecule has 1 aliphatic heterocycles. The Morgan fingerprint density at radius 2 is 1.86 bits per heavy atom. The summed E-state index contributed by atoms with van der Waals surface area (Å²) in [6.45, 7) is 5.60. The Kier molecular flexibility index (Phi) is 6.77. The largest absolute Gasteiger partial charge is 0.495 e. The van der Waals surface area contributed by atoms with Gasteiger partial charge in [0.1, 0.15) is 11.5 Å². The molecule has 154 valence electrons. The zero-order chi connectivity index (χ0) is 21.1.